The molecule has 3 aromatic rings. The predicted octanol–water partition coefficient (Wildman–Crippen LogP) is 5.27. The molecule has 0 spiro atoms. The van der Waals surface area contributed by atoms with Gasteiger partial charge in [-0.3, -0.25) is 0 Å². The van der Waals surface area contributed by atoms with Crippen molar-refractivity contribution in [1.29, 1.82) is 0 Å². The predicted molar refractivity (Wildman–Crippen MR) is 92.5 cm³/mol. The number of aromatic nitrogens is 2. The molecular weight excluding hydrogens is 396 g/mol. The number of benzene rings is 2. The van der Waals surface area contributed by atoms with Crippen LogP contribution in [0.1, 0.15) is 18.5 Å². The van der Waals surface area contributed by atoms with E-state index in [-0.39, 0.29) is 11.8 Å². The van der Waals surface area contributed by atoms with Crippen LogP contribution in [0.5, 0.6) is 5.75 Å². The highest BCUT2D eigenvalue weighted by molar-refractivity contribution is 9.10. The summed E-state index contributed by atoms with van der Waals surface area (Å²) in [5.41, 5.74) is 2.67. The van der Waals surface area contributed by atoms with Gasteiger partial charge in [0, 0.05) is 33.2 Å². The van der Waals surface area contributed by atoms with Gasteiger partial charge in [0.05, 0.1) is 0 Å². The van der Waals surface area contributed by atoms with Crippen molar-refractivity contribution in [2.75, 3.05) is 5.32 Å². The lowest BCUT2D eigenvalue weighted by Crippen LogP contribution is -2.07. The lowest BCUT2D eigenvalue weighted by Gasteiger charge is -2.16. The lowest BCUT2D eigenvalue weighted by atomic mass is 10.1. The molecule has 0 saturated heterocycles. The van der Waals surface area contributed by atoms with Gasteiger partial charge in [0.1, 0.15) is 5.75 Å². The lowest BCUT2D eigenvalue weighted by molar-refractivity contribution is -0.0498. The van der Waals surface area contributed by atoms with Gasteiger partial charge < -0.3 is 14.5 Å². The summed E-state index contributed by atoms with van der Waals surface area (Å²) >= 11 is 3.12. The summed E-state index contributed by atoms with van der Waals surface area (Å²) in [5.74, 6) is 0.571. The summed E-state index contributed by atoms with van der Waals surface area (Å²) in [4.78, 5) is 0.331. The fourth-order valence-corrected chi connectivity index (χ4v) is 2.53. The van der Waals surface area contributed by atoms with E-state index in [1.165, 1.54) is 12.1 Å². The minimum Gasteiger partial charge on any atom is -0.435 e. The number of nitrogens with one attached hydrogen (secondary N) is 1. The molecule has 25 heavy (non-hydrogen) atoms. The molecule has 0 bridgehead atoms. The quantitative estimate of drug-likeness (QED) is 0.600. The Kier molecular flexibility index (Phi) is 5.28. The van der Waals surface area contributed by atoms with Crippen LogP contribution in [0, 0.1) is 0 Å². The number of hydrogen-bond donors (Lipinski definition) is 1. The van der Waals surface area contributed by atoms with Crippen LogP contribution < -0.4 is 10.1 Å². The second-order valence-electron chi connectivity index (χ2n) is 5.25. The van der Waals surface area contributed by atoms with Gasteiger partial charge in [0.15, 0.2) is 0 Å². The zero-order valence-electron chi connectivity index (χ0n) is 13.1. The van der Waals surface area contributed by atoms with Crippen molar-refractivity contribution in [2.45, 2.75) is 19.6 Å². The highest BCUT2D eigenvalue weighted by atomic mass is 79.9. The highest BCUT2D eigenvalue weighted by Gasteiger charge is 2.09. The molecule has 0 saturated carbocycles. The van der Waals surface area contributed by atoms with Crippen molar-refractivity contribution in [2.24, 2.45) is 0 Å². The van der Waals surface area contributed by atoms with E-state index in [0.717, 1.165) is 16.8 Å². The molecule has 0 fully saturated rings. The number of alkyl halides is 2. The molecule has 1 atom stereocenters. The van der Waals surface area contributed by atoms with Crippen LogP contribution in [0.2, 0.25) is 0 Å². The second kappa shape index (κ2) is 7.60. The van der Waals surface area contributed by atoms with E-state index in [0.29, 0.717) is 10.7 Å². The van der Waals surface area contributed by atoms with Crippen LogP contribution in [0.4, 0.5) is 14.5 Å². The standard InChI is InChI=1S/C17H14BrF2N3O2/c1-10(11-4-8-14(9-5-11)24-17(19)20)21-13-6-2-12(3-7-13)15-22-23-16(18)25-15/h2-10,17,21H,1H3/t10-/m1/s1. The fraction of sp³-hybridized carbons (Fsp3) is 0.176. The maximum absolute atomic E-state index is 12.2. The Morgan fingerprint density at radius 2 is 1.72 bits per heavy atom. The molecule has 5 nitrogen and oxygen atoms in total. The van der Waals surface area contributed by atoms with Crippen molar-refractivity contribution in [1.82, 2.24) is 10.2 Å². The van der Waals surface area contributed by atoms with Crippen LogP contribution in [-0.2, 0) is 0 Å². The fourth-order valence-electron chi connectivity index (χ4n) is 2.30. The summed E-state index contributed by atoms with van der Waals surface area (Å²) in [6.07, 6.45) is 0. The molecular formula is C17H14BrF2N3O2. The van der Waals surface area contributed by atoms with E-state index in [1.807, 2.05) is 31.2 Å². The average molecular weight is 410 g/mol. The molecule has 2 aromatic carbocycles. The maximum atomic E-state index is 12.2. The number of nitrogens with zero attached hydrogens (tertiary/aromatic N) is 2. The minimum atomic E-state index is -2.82. The molecule has 0 aliphatic rings. The van der Waals surface area contributed by atoms with Gasteiger partial charge in [0.25, 0.3) is 4.80 Å². The van der Waals surface area contributed by atoms with Crippen LogP contribution in [0.3, 0.4) is 0 Å². The Hall–Kier alpha value is -2.48. The molecule has 0 amide bonds. The number of ether oxygens (including phenoxy) is 1. The van der Waals surface area contributed by atoms with Gasteiger partial charge in [-0.2, -0.15) is 8.78 Å². The summed E-state index contributed by atoms with van der Waals surface area (Å²) in [5, 5.41) is 11.0. The zero-order chi connectivity index (χ0) is 17.8. The van der Waals surface area contributed by atoms with E-state index >= 15 is 0 Å². The molecule has 0 aliphatic carbocycles. The van der Waals surface area contributed by atoms with Crippen molar-refractivity contribution < 1.29 is 17.9 Å². The van der Waals surface area contributed by atoms with Crippen LogP contribution in [0.25, 0.3) is 11.5 Å². The first kappa shape index (κ1) is 17.3. The van der Waals surface area contributed by atoms with Crippen molar-refractivity contribution in [3.05, 3.63) is 58.9 Å². The summed E-state index contributed by atoms with van der Waals surface area (Å²) in [6, 6.07) is 14.1. The molecule has 1 heterocycles. The maximum Gasteiger partial charge on any atom is 0.387 e. The first-order chi connectivity index (χ1) is 12.0. The third-order valence-corrected chi connectivity index (χ3v) is 3.84. The van der Waals surface area contributed by atoms with E-state index in [4.69, 9.17) is 4.42 Å². The van der Waals surface area contributed by atoms with Crippen LogP contribution in [0.15, 0.2) is 57.7 Å². The van der Waals surface area contributed by atoms with Gasteiger partial charge in [-0.1, -0.05) is 12.1 Å². The molecule has 0 unspecified atom stereocenters. The molecule has 0 radical (unpaired) electrons. The Bertz CT molecular complexity index is 823. The SMILES string of the molecule is C[C@@H](Nc1ccc(-c2nnc(Br)o2)cc1)c1ccc(OC(F)F)cc1. The average Bonchev–Trinajstić information content (AvgIpc) is 3.02. The van der Waals surface area contributed by atoms with E-state index in [9.17, 15) is 8.78 Å². The Morgan fingerprint density at radius 3 is 2.28 bits per heavy atom. The summed E-state index contributed by atoms with van der Waals surface area (Å²) in [7, 11) is 0. The minimum absolute atomic E-state index is 0.0102. The highest BCUT2D eigenvalue weighted by Crippen LogP contribution is 2.25. The van der Waals surface area contributed by atoms with Crippen molar-refractivity contribution >= 4 is 21.6 Å². The third kappa shape index (κ3) is 4.54. The summed E-state index contributed by atoms with van der Waals surface area (Å²) in [6.45, 7) is -0.842. The van der Waals surface area contributed by atoms with Gasteiger partial charge >= 0.3 is 6.61 Å². The van der Waals surface area contributed by atoms with E-state index < -0.39 is 6.61 Å². The van der Waals surface area contributed by atoms with Gasteiger partial charge in [0.2, 0.25) is 5.89 Å². The molecule has 130 valence electrons. The zero-order valence-corrected chi connectivity index (χ0v) is 14.7. The van der Waals surface area contributed by atoms with Crippen LogP contribution in [-0.4, -0.2) is 16.8 Å². The topological polar surface area (TPSA) is 60.2 Å². The Morgan fingerprint density at radius 1 is 1.04 bits per heavy atom. The number of rotatable bonds is 6. The first-order valence-electron chi connectivity index (χ1n) is 7.42. The van der Waals surface area contributed by atoms with Gasteiger partial charge in [-0.15, -0.1) is 10.2 Å². The van der Waals surface area contributed by atoms with E-state index in [1.54, 1.807) is 12.1 Å². The molecule has 1 N–H and O–H groups in total. The molecule has 0 aliphatic heterocycles. The number of anilines is 1. The largest absolute Gasteiger partial charge is 0.435 e. The Balaban J connectivity index is 1.65. The van der Waals surface area contributed by atoms with E-state index in [2.05, 4.69) is 36.2 Å². The Labute approximate surface area is 151 Å². The van der Waals surface area contributed by atoms with Gasteiger partial charge in [-0.05, 0) is 48.9 Å². The smallest absolute Gasteiger partial charge is 0.387 e. The van der Waals surface area contributed by atoms with Crippen molar-refractivity contribution in [3.63, 3.8) is 0 Å². The first-order valence-corrected chi connectivity index (χ1v) is 8.21. The summed E-state index contributed by atoms with van der Waals surface area (Å²) < 4.78 is 34.0. The van der Waals surface area contributed by atoms with Gasteiger partial charge in [-0.25, -0.2) is 0 Å². The molecule has 8 heteroatoms. The second-order valence-corrected chi connectivity index (χ2v) is 5.93. The third-order valence-electron chi connectivity index (χ3n) is 3.52. The number of hydrogen-bond acceptors (Lipinski definition) is 5. The van der Waals surface area contributed by atoms with Crippen molar-refractivity contribution in [3.8, 4) is 17.2 Å². The number of halogens is 3. The molecule has 1 aromatic heterocycles. The van der Waals surface area contributed by atoms with Crippen LogP contribution >= 0.6 is 15.9 Å². The molecule has 3 rings (SSSR count). The monoisotopic (exact) mass is 409 g/mol. The normalized spacial score (nSPS) is 12.2.